The van der Waals surface area contributed by atoms with E-state index in [1.807, 2.05) is 32.0 Å². The molecule has 0 saturated carbocycles. The number of nitro groups is 1. The molecule has 5 nitrogen and oxygen atoms in total. The number of nitro benzene ring substituents is 1. The van der Waals surface area contributed by atoms with Gasteiger partial charge in [0.1, 0.15) is 0 Å². The van der Waals surface area contributed by atoms with Crippen molar-refractivity contribution < 1.29 is 9.72 Å². The van der Waals surface area contributed by atoms with Crippen LogP contribution < -0.4 is 5.32 Å². The molecule has 0 aliphatic carbocycles. The first-order valence-electron chi connectivity index (χ1n) is 7.09. The van der Waals surface area contributed by atoms with Crippen LogP contribution in [0.1, 0.15) is 34.0 Å². The fourth-order valence-electron chi connectivity index (χ4n) is 2.34. The van der Waals surface area contributed by atoms with Crippen molar-refractivity contribution >= 4 is 17.3 Å². The molecule has 0 aromatic heterocycles. The highest BCUT2D eigenvalue weighted by Gasteiger charge is 2.16. The van der Waals surface area contributed by atoms with Gasteiger partial charge in [0.15, 0.2) is 0 Å². The van der Waals surface area contributed by atoms with Gasteiger partial charge in [0.25, 0.3) is 11.6 Å². The minimum Gasteiger partial charge on any atom is -0.321 e. The van der Waals surface area contributed by atoms with E-state index in [0.717, 1.165) is 23.2 Å². The number of carbonyl (C=O) groups excluding carboxylic acids is 1. The third kappa shape index (κ3) is 3.14. The molecule has 0 saturated heterocycles. The van der Waals surface area contributed by atoms with Crippen molar-refractivity contribution in [2.75, 3.05) is 5.32 Å². The summed E-state index contributed by atoms with van der Waals surface area (Å²) in [4.78, 5) is 22.9. The Morgan fingerprint density at radius 1 is 1.18 bits per heavy atom. The number of benzene rings is 2. The standard InChI is InChI=1S/C17H18N2O3/c1-4-13-7-5-6-12(3)16(13)18-17(20)14-9-8-11(2)15(10-14)19(21)22/h5-10H,4H2,1-3H3,(H,18,20). The van der Waals surface area contributed by atoms with Gasteiger partial charge in [-0.1, -0.05) is 31.2 Å². The fraction of sp³-hybridized carbons (Fsp3) is 0.235. The molecule has 0 aliphatic rings. The average Bonchev–Trinajstić information content (AvgIpc) is 2.49. The zero-order valence-electron chi connectivity index (χ0n) is 12.8. The minimum absolute atomic E-state index is 0.0480. The van der Waals surface area contributed by atoms with Crippen molar-refractivity contribution in [3.8, 4) is 0 Å². The number of carbonyl (C=O) groups is 1. The Bertz CT molecular complexity index is 739. The van der Waals surface area contributed by atoms with Crippen LogP contribution in [0.15, 0.2) is 36.4 Å². The lowest BCUT2D eigenvalue weighted by atomic mass is 10.0. The van der Waals surface area contributed by atoms with E-state index in [1.165, 1.54) is 6.07 Å². The summed E-state index contributed by atoms with van der Waals surface area (Å²) in [6, 6.07) is 10.3. The number of rotatable bonds is 4. The van der Waals surface area contributed by atoms with Crippen LogP contribution in [0.5, 0.6) is 0 Å². The molecular weight excluding hydrogens is 280 g/mol. The molecule has 0 aliphatic heterocycles. The van der Waals surface area contributed by atoms with Gasteiger partial charge in [0.2, 0.25) is 0 Å². The normalized spacial score (nSPS) is 10.3. The van der Waals surface area contributed by atoms with Gasteiger partial charge in [-0.3, -0.25) is 14.9 Å². The highest BCUT2D eigenvalue weighted by Crippen LogP contribution is 2.24. The van der Waals surface area contributed by atoms with E-state index in [-0.39, 0.29) is 17.2 Å². The Balaban J connectivity index is 2.34. The predicted octanol–water partition coefficient (Wildman–Crippen LogP) is 4.03. The van der Waals surface area contributed by atoms with Crippen LogP contribution in [0.2, 0.25) is 0 Å². The summed E-state index contributed by atoms with van der Waals surface area (Å²) in [5.74, 6) is -0.341. The number of anilines is 1. The van der Waals surface area contributed by atoms with E-state index in [0.29, 0.717) is 5.56 Å². The van der Waals surface area contributed by atoms with Crippen molar-refractivity contribution in [3.63, 3.8) is 0 Å². The second kappa shape index (κ2) is 6.39. The second-order valence-electron chi connectivity index (χ2n) is 5.18. The van der Waals surface area contributed by atoms with E-state index in [1.54, 1.807) is 19.1 Å². The second-order valence-corrected chi connectivity index (χ2v) is 5.18. The van der Waals surface area contributed by atoms with Gasteiger partial charge in [0.05, 0.1) is 4.92 Å². The monoisotopic (exact) mass is 298 g/mol. The average molecular weight is 298 g/mol. The van der Waals surface area contributed by atoms with Crippen LogP contribution in [-0.2, 0) is 6.42 Å². The number of amides is 1. The highest BCUT2D eigenvalue weighted by molar-refractivity contribution is 6.05. The summed E-state index contributed by atoms with van der Waals surface area (Å²) in [7, 11) is 0. The smallest absolute Gasteiger partial charge is 0.273 e. The number of nitrogens with zero attached hydrogens (tertiary/aromatic N) is 1. The largest absolute Gasteiger partial charge is 0.321 e. The van der Waals surface area contributed by atoms with Gasteiger partial charge >= 0.3 is 0 Å². The molecule has 5 heteroatoms. The maximum Gasteiger partial charge on any atom is 0.273 e. The molecule has 0 heterocycles. The molecule has 0 radical (unpaired) electrons. The van der Waals surface area contributed by atoms with Crippen molar-refractivity contribution in [2.24, 2.45) is 0 Å². The molecule has 0 unspecified atom stereocenters. The zero-order valence-corrected chi connectivity index (χ0v) is 12.8. The Morgan fingerprint density at radius 3 is 2.55 bits per heavy atom. The van der Waals surface area contributed by atoms with Crippen LogP contribution in [0.4, 0.5) is 11.4 Å². The third-order valence-corrected chi connectivity index (χ3v) is 3.65. The Kier molecular flexibility index (Phi) is 4.56. The molecule has 0 fully saturated rings. The van der Waals surface area contributed by atoms with Crippen LogP contribution >= 0.6 is 0 Å². The quantitative estimate of drug-likeness (QED) is 0.684. The summed E-state index contributed by atoms with van der Waals surface area (Å²) in [6.07, 6.45) is 0.797. The highest BCUT2D eigenvalue weighted by atomic mass is 16.6. The zero-order chi connectivity index (χ0) is 16.3. The fourth-order valence-corrected chi connectivity index (χ4v) is 2.34. The summed E-state index contributed by atoms with van der Waals surface area (Å²) < 4.78 is 0. The van der Waals surface area contributed by atoms with Crippen LogP contribution in [0, 0.1) is 24.0 Å². The van der Waals surface area contributed by atoms with Crippen LogP contribution in [-0.4, -0.2) is 10.8 Å². The summed E-state index contributed by atoms with van der Waals surface area (Å²) in [5, 5.41) is 13.9. The SMILES string of the molecule is CCc1cccc(C)c1NC(=O)c1ccc(C)c([N+](=O)[O-])c1. The maximum absolute atomic E-state index is 12.4. The van der Waals surface area contributed by atoms with Gasteiger partial charge in [0, 0.05) is 22.9 Å². The van der Waals surface area contributed by atoms with Gasteiger partial charge < -0.3 is 5.32 Å². The Hall–Kier alpha value is -2.69. The molecule has 0 bridgehead atoms. The lowest BCUT2D eigenvalue weighted by molar-refractivity contribution is -0.385. The number of para-hydroxylation sites is 1. The molecule has 1 N–H and O–H groups in total. The maximum atomic E-state index is 12.4. The van der Waals surface area contributed by atoms with E-state index in [4.69, 9.17) is 0 Å². The number of hydrogen-bond donors (Lipinski definition) is 1. The first kappa shape index (κ1) is 15.7. The minimum atomic E-state index is -0.475. The predicted molar refractivity (Wildman–Crippen MR) is 86.3 cm³/mol. The summed E-state index contributed by atoms with van der Waals surface area (Å²) >= 11 is 0. The molecule has 22 heavy (non-hydrogen) atoms. The van der Waals surface area contributed by atoms with Crippen LogP contribution in [0.3, 0.4) is 0 Å². The molecule has 2 aromatic carbocycles. The first-order valence-corrected chi connectivity index (χ1v) is 7.09. The lowest BCUT2D eigenvalue weighted by Crippen LogP contribution is -2.14. The third-order valence-electron chi connectivity index (χ3n) is 3.65. The lowest BCUT2D eigenvalue weighted by Gasteiger charge is -2.13. The molecule has 1 amide bonds. The molecule has 2 aromatic rings. The molecule has 0 atom stereocenters. The van der Waals surface area contributed by atoms with E-state index < -0.39 is 4.92 Å². The van der Waals surface area contributed by atoms with Gasteiger partial charge in [-0.25, -0.2) is 0 Å². The van der Waals surface area contributed by atoms with Crippen molar-refractivity contribution in [2.45, 2.75) is 27.2 Å². The Morgan fingerprint density at radius 2 is 1.91 bits per heavy atom. The van der Waals surface area contributed by atoms with E-state index >= 15 is 0 Å². The summed E-state index contributed by atoms with van der Waals surface area (Å²) in [5.41, 5.74) is 3.55. The van der Waals surface area contributed by atoms with Gasteiger partial charge in [-0.15, -0.1) is 0 Å². The van der Waals surface area contributed by atoms with E-state index in [2.05, 4.69) is 5.32 Å². The molecular formula is C17H18N2O3. The van der Waals surface area contributed by atoms with Crippen molar-refractivity contribution in [1.29, 1.82) is 0 Å². The number of hydrogen-bond acceptors (Lipinski definition) is 3. The molecule has 0 spiro atoms. The molecule has 2 rings (SSSR count). The van der Waals surface area contributed by atoms with Crippen molar-refractivity contribution in [3.05, 3.63) is 68.8 Å². The topological polar surface area (TPSA) is 72.2 Å². The number of aryl methyl sites for hydroxylation is 3. The Labute approximate surface area is 129 Å². The van der Waals surface area contributed by atoms with Crippen molar-refractivity contribution in [1.82, 2.24) is 0 Å². The van der Waals surface area contributed by atoms with Gasteiger partial charge in [-0.2, -0.15) is 0 Å². The van der Waals surface area contributed by atoms with Gasteiger partial charge in [-0.05, 0) is 37.5 Å². The first-order chi connectivity index (χ1) is 10.4. The molecule has 114 valence electrons. The summed E-state index contributed by atoms with van der Waals surface area (Å²) in [6.45, 7) is 5.59. The van der Waals surface area contributed by atoms with Crippen LogP contribution in [0.25, 0.3) is 0 Å². The van der Waals surface area contributed by atoms with E-state index in [9.17, 15) is 14.9 Å². The number of nitrogens with one attached hydrogen (secondary N) is 1.